The summed E-state index contributed by atoms with van der Waals surface area (Å²) < 4.78 is 29.6. The molecular formula is C19H39NO7Si. The molecule has 0 radical (unpaired) electrons. The van der Waals surface area contributed by atoms with Gasteiger partial charge in [0.1, 0.15) is 6.04 Å². The quantitative estimate of drug-likeness (QED) is 0.201. The number of unbranched alkanes of at least 4 members (excludes halogenated alkanes) is 2. The fourth-order valence-electron chi connectivity index (χ4n) is 2.71. The Bertz CT molecular complexity index is 433. The van der Waals surface area contributed by atoms with Crippen LogP contribution in [0.1, 0.15) is 66.2 Å². The van der Waals surface area contributed by atoms with Gasteiger partial charge in [0.25, 0.3) is 0 Å². The Morgan fingerprint density at radius 2 is 1.46 bits per heavy atom. The molecule has 166 valence electrons. The smallest absolute Gasteiger partial charge is 0.466 e. The van der Waals surface area contributed by atoms with E-state index in [2.05, 4.69) is 0 Å². The maximum atomic E-state index is 12.9. The number of carbonyl (C=O) groups is 2. The highest BCUT2D eigenvalue weighted by Gasteiger charge is 2.52. The standard InChI is InChI=1S/C19H39NO7Si/c1-7-11-14-25-18(21)16-17(19(22)26-15-12-8-2)20(13-9-3)28(23-5,24-6)27-10-4/h17H,7-16H2,1-6H3. The summed E-state index contributed by atoms with van der Waals surface area (Å²) in [4.78, 5) is 25.2. The molecule has 0 aromatic carbocycles. The number of hydrogen-bond acceptors (Lipinski definition) is 8. The molecule has 8 nitrogen and oxygen atoms in total. The van der Waals surface area contributed by atoms with E-state index in [0.29, 0.717) is 26.4 Å². The molecule has 1 unspecified atom stereocenters. The zero-order valence-corrected chi connectivity index (χ0v) is 19.5. The lowest BCUT2D eigenvalue weighted by Crippen LogP contribution is -2.65. The van der Waals surface area contributed by atoms with Crippen LogP contribution in [0.25, 0.3) is 0 Å². The third-order valence-electron chi connectivity index (χ3n) is 4.17. The van der Waals surface area contributed by atoms with Crippen molar-refractivity contribution in [2.75, 3.05) is 40.6 Å². The monoisotopic (exact) mass is 421 g/mol. The molecule has 0 aliphatic carbocycles. The Morgan fingerprint density at radius 1 is 0.893 bits per heavy atom. The first kappa shape index (κ1) is 27.0. The lowest BCUT2D eigenvalue weighted by molar-refractivity contribution is -0.157. The van der Waals surface area contributed by atoms with Gasteiger partial charge in [0, 0.05) is 20.8 Å². The Labute approximate surface area is 171 Å². The Morgan fingerprint density at radius 3 is 1.93 bits per heavy atom. The average Bonchev–Trinajstić information content (AvgIpc) is 2.69. The normalized spacial score (nSPS) is 12.8. The molecule has 0 aromatic rings. The summed E-state index contributed by atoms with van der Waals surface area (Å²) >= 11 is 0. The second kappa shape index (κ2) is 15.9. The van der Waals surface area contributed by atoms with Gasteiger partial charge in [0.2, 0.25) is 0 Å². The minimum atomic E-state index is -3.35. The van der Waals surface area contributed by atoms with E-state index in [4.69, 9.17) is 22.8 Å². The van der Waals surface area contributed by atoms with E-state index in [1.807, 2.05) is 27.7 Å². The third kappa shape index (κ3) is 9.00. The molecule has 0 fully saturated rings. The van der Waals surface area contributed by atoms with Crippen molar-refractivity contribution in [1.29, 1.82) is 0 Å². The van der Waals surface area contributed by atoms with Crippen molar-refractivity contribution in [3.05, 3.63) is 0 Å². The number of nitrogens with zero attached hydrogens (tertiary/aromatic N) is 1. The van der Waals surface area contributed by atoms with Crippen LogP contribution in [0.3, 0.4) is 0 Å². The number of ether oxygens (including phenoxy) is 2. The first-order chi connectivity index (χ1) is 13.5. The zero-order valence-electron chi connectivity index (χ0n) is 18.5. The topological polar surface area (TPSA) is 83.5 Å². The van der Waals surface area contributed by atoms with Gasteiger partial charge < -0.3 is 22.8 Å². The van der Waals surface area contributed by atoms with Gasteiger partial charge >= 0.3 is 20.9 Å². The van der Waals surface area contributed by atoms with Crippen LogP contribution in [0.2, 0.25) is 0 Å². The van der Waals surface area contributed by atoms with Crippen LogP contribution >= 0.6 is 0 Å². The molecule has 28 heavy (non-hydrogen) atoms. The molecule has 0 spiro atoms. The zero-order chi connectivity index (χ0) is 21.4. The molecule has 1 atom stereocenters. The first-order valence-corrected chi connectivity index (χ1v) is 12.0. The maximum Gasteiger partial charge on any atom is 0.599 e. The molecule has 9 heteroatoms. The molecule has 0 N–H and O–H groups in total. The van der Waals surface area contributed by atoms with Crippen molar-refractivity contribution in [2.24, 2.45) is 0 Å². The SMILES string of the molecule is CCCCOC(=O)CC(C(=O)OCCCC)N(CCC)[Si](OC)(OC)OCC. The van der Waals surface area contributed by atoms with Crippen LogP contribution in [0, 0.1) is 0 Å². The van der Waals surface area contributed by atoms with Gasteiger partial charge in [-0.15, -0.1) is 0 Å². The summed E-state index contributed by atoms with van der Waals surface area (Å²) in [5.74, 6) is -0.932. The predicted molar refractivity (Wildman–Crippen MR) is 109 cm³/mol. The van der Waals surface area contributed by atoms with E-state index >= 15 is 0 Å². The van der Waals surface area contributed by atoms with Crippen LogP contribution in [0.5, 0.6) is 0 Å². The van der Waals surface area contributed by atoms with Gasteiger partial charge in [0.05, 0.1) is 19.6 Å². The molecule has 0 saturated carbocycles. The highest BCUT2D eigenvalue weighted by molar-refractivity contribution is 6.58. The largest absolute Gasteiger partial charge is 0.599 e. The average molecular weight is 422 g/mol. The van der Waals surface area contributed by atoms with Crippen molar-refractivity contribution < 1.29 is 32.3 Å². The van der Waals surface area contributed by atoms with Gasteiger partial charge in [-0.05, 0) is 32.7 Å². The van der Waals surface area contributed by atoms with Gasteiger partial charge in [-0.25, -0.2) is 4.57 Å². The fraction of sp³-hybridized carbons (Fsp3) is 0.895. The second-order valence-corrected chi connectivity index (χ2v) is 9.10. The van der Waals surface area contributed by atoms with Crippen LogP contribution in [0.15, 0.2) is 0 Å². The molecule has 0 saturated heterocycles. The van der Waals surface area contributed by atoms with Crippen LogP contribution in [0.4, 0.5) is 0 Å². The second-order valence-electron chi connectivity index (χ2n) is 6.37. The van der Waals surface area contributed by atoms with E-state index in [9.17, 15) is 9.59 Å². The highest BCUT2D eigenvalue weighted by atomic mass is 28.4. The summed E-state index contributed by atoms with van der Waals surface area (Å²) in [6.07, 6.45) is 3.95. The van der Waals surface area contributed by atoms with Crippen molar-refractivity contribution in [3.63, 3.8) is 0 Å². The Hall–Kier alpha value is -1.00. The molecule has 0 aliphatic heterocycles. The first-order valence-electron chi connectivity index (χ1n) is 10.3. The summed E-state index contributed by atoms with van der Waals surface area (Å²) in [6.45, 7) is 9.30. The lowest BCUT2D eigenvalue weighted by atomic mass is 10.2. The van der Waals surface area contributed by atoms with Crippen LogP contribution < -0.4 is 0 Å². The van der Waals surface area contributed by atoms with Gasteiger partial charge in [-0.1, -0.05) is 33.6 Å². The minimum Gasteiger partial charge on any atom is -0.466 e. The van der Waals surface area contributed by atoms with Crippen molar-refractivity contribution in [3.8, 4) is 0 Å². The summed E-state index contributed by atoms with van der Waals surface area (Å²) in [5, 5.41) is 0. The maximum absolute atomic E-state index is 12.9. The number of carbonyl (C=O) groups excluding carboxylic acids is 2. The Balaban J connectivity index is 5.62. The van der Waals surface area contributed by atoms with Crippen LogP contribution in [-0.2, 0) is 32.3 Å². The highest BCUT2D eigenvalue weighted by Crippen LogP contribution is 2.22. The van der Waals surface area contributed by atoms with E-state index in [0.717, 1.165) is 32.1 Å². The molecular weight excluding hydrogens is 382 g/mol. The number of hydrogen-bond donors (Lipinski definition) is 0. The summed E-state index contributed by atoms with van der Waals surface area (Å²) in [5.41, 5.74) is 0. The van der Waals surface area contributed by atoms with E-state index < -0.39 is 26.9 Å². The van der Waals surface area contributed by atoms with E-state index in [1.165, 1.54) is 14.2 Å². The lowest BCUT2D eigenvalue weighted by Gasteiger charge is -2.39. The molecule has 0 amide bonds. The molecule has 0 rings (SSSR count). The summed E-state index contributed by atoms with van der Waals surface area (Å²) in [6, 6.07) is -0.885. The predicted octanol–water partition coefficient (Wildman–Crippen LogP) is 2.91. The van der Waals surface area contributed by atoms with E-state index in [1.54, 1.807) is 4.57 Å². The van der Waals surface area contributed by atoms with Crippen molar-refractivity contribution >= 4 is 20.9 Å². The molecule has 0 aliphatic rings. The number of rotatable bonds is 17. The number of esters is 2. The summed E-state index contributed by atoms with van der Waals surface area (Å²) in [7, 11) is -0.361. The molecule has 0 heterocycles. The molecule has 0 bridgehead atoms. The van der Waals surface area contributed by atoms with Crippen LogP contribution in [-0.4, -0.2) is 72.1 Å². The van der Waals surface area contributed by atoms with Crippen molar-refractivity contribution in [2.45, 2.75) is 72.3 Å². The van der Waals surface area contributed by atoms with Gasteiger partial charge in [-0.2, -0.15) is 0 Å². The minimum absolute atomic E-state index is 0.136. The Kier molecular flexibility index (Phi) is 15.3. The van der Waals surface area contributed by atoms with E-state index in [-0.39, 0.29) is 6.42 Å². The van der Waals surface area contributed by atoms with Crippen molar-refractivity contribution in [1.82, 2.24) is 4.57 Å². The van der Waals surface area contributed by atoms with Gasteiger partial charge in [-0.3, -0.25) is 9.59 Å². The van der Waals surface area contributed by atoms with Gasteiger partial charge in [0.15, 0.2) is 0 Å². The molecule has 0 aromatic heterocycles. The fourth-order valence-corrected chi connectivity index (χ4v) is 5.18. The third-order valence-corrected chi connectivity index (χ3v) is 7.09.